The molecule has 0 radical (unpaired) electrons. The quantitative estimate of drug-likeness (QED) is 0.271. The summed E-state index contributed by atoms with van der Waals surface area (Å²) in [7, 11) is 1.63. The predicted octanol–water partition coefficient (Wildman–Crippen LogP) is 6.44. The van der Waals surface area contributed by atoms with Crippen molar-refractivity contribution in [2.75, 3.05) is 13.7 Å². The number of methoxy groups -OCH3 is 1. The molecule has 0 saturated heterocycles. The predicted molar refractivity (Wildman–Crippen MR) is 134 cm³/mol. The van der Waals surface area contributed by atoms with E-state index in [1.165, 1.54) is 0 Å². The molecule has 1 amide bonds. The number of rotatable bonds is 6. The summed E-state index contributed by atoms with van der Waals surface area (Å²) in [6.07, 6.45) is 6.30. The molecule has 7 nitrogen and oxygen atoms in total. The van der Waals surface area contributed by atoms with Gasteiger partial charge in [0.2, 0.25) is 0 Å². The monoisotopic (exact) mass is 478 g/mol. The number of carbonyl (C=O) groups is 1. The smallest absolute Gasteiger partial charge is 0.411 e. The topological polar surface area (TPSA) is 81.9 Å². The lowest BCUT2D eigenvalue weighted by molar-refractivity contribution is -0.384. The van der Waals surface area contributed by atoms with Crippen molar-refractivity contribution in [3.8, 4) is 5.75 Å². The summed E-state index contributed by atoms with van der Waals surface area (Å²) < 4.78 is 11.5. The van der Waals surface area contributed by atoms with E-state index in [2.05, 4.69) is 20.8 Å². The Bertz CT molecular complexity index is 1080. The van der Waals surface area contributed by atoms with Crippen LogP contribution in [0, 0.1) is 22.0 Å². The van der Waals surface area contributed by atoms with Crippen molar-refractivity contribution in [2.45, 2.75) is 57.6 Å². The summed E-state index contributed by atoms with van der Waals surface area (Å²) in [5, 5.41) is 11.1. The fraction of sp³-hybridized carbons (Fsp3) is 0.464. The van der Waals surface area contributed by atoms with Crippen molar-refractivity contribution in [2.24, 2.45) is 11.8 Å². The zero-order valence-corrected chi connectivity index (χ0v) is 20.8. The Balaban J connectivity index is 1.52. The zero-order chi connectivity index (χ0) is 25.2. The number of nitro benzene ring substituents is 1. The van der Waals surface area contributed by atoms with Crippen LogP contribution in [0.25, 0.3) is 0 Å². The second kappa shape index (κ2) is 10.1. The third kappa shape index (κ3) is 5.19. The van der Waals surface area contributed by atoms with E-state index in [9.17, 15) is 14.9 Å². The molecule has 35 heavy (non-hydrogen) atoms. The van der Waals surface area contributed by atoms with Gasteiger partial charge in [-0.3, -0.25) is 15.0 Å². The Morgan fingerprint density at radius 3 is 2.40 bits per heavy atom. The van der Waals surface area contributed by atoms with Crippen LogP contribution in [0.5, 0.6) is 5.75 Å². The highest BCUT2D eigenvalue weighted by atomic mass is 16.6. The fourth-order valence-corrected chi connectivity index (χ4v) is 5.51. The Hall–Kier alpha value is -3.35. The average molecular weight is 479 g/mol. The molecule has 2 aromatic carbocycles. The van der Waals surface area contributed by atoms with Gasteiger partial charge in [0.15, 0.2) is 0 Å². The van der Waals surface area contributed by atoms with E-state index in [1.54, 1.807) is 24.1 Å². The first-order chi connectivity index (χ1) is 16.7. The van der Waals surface area contributed by atoms with E-state index in [4.69, 9.17) is 9.47 Å². The molecule has 7 heteroatoms. The molecule has 0 bridgehead atoms. The first-order valence-electron chi connectivity index (χ1n) is 12.2. The summed E-state index contributed by atoms with van der Waals surface area (Å²) in [6, 6.07) is 14.4. The van der Waals surface area contributed by atoms with E-state index in [0.717, 1.165) is 36.1 Å². The second-order valence-corrected chi connectivity index (χ2v) is 10.3. The fourth-order valence-electron chi connectivity index (χ4n) is 5.51. The highest BCUT2D eigenvalue weighted by Crippen LogP contribution is 2.44. The maximum Gasteiger partial charge on any atom is 0.411 e. The minimum absolute atomic E-state index is 0.0795. The van der Waals surface area contributed by atoms with Gasteiger partial charge in [-0.25, -0.2) is 4.79 Å². The lowest BCUT2D eigenvalue weighted by Gasteiger charge is -2.44. The van der Waals surface area contributed by atoms with Crippen LogP contribution in [-0.2, 0) is 10.2 Å². The van der Waals surface area contributed by atoms with Crippen molar-refractivity contribution < 1.29 is 19.2 Å². The standard InChI is InChI=1S/C28H34N2O5/c1-19-7-16-24(28(2,3)21-10-12-22(13-11-21)30(32)33)26(18-19)35-27(31)29-17-5-6-25(29)20-8-14-23(34-4)15-9-20/h5-6,8-15,19,24-26H,7,16-18H2,1-4H3/t19-,24-,25-,26-/m1/s1. The molecule has 4 rings (SSSR count). The van der Waals surface area contributed by atoms with Gasteiger partial charge in [-0.1, -0.05) is 63.6 Å². The number of nitro groups is 1. The first-order valence-corrected chi connectivity index (χ1v) is 12.2. The van der Waals surface area contributed by atoms with Gasteiger partial charge < -0.3 is 9.47 Å². The molecule has 1 fully saturated rings. The van der Waals surface area contributed by atoms with Gasteiger partial charge in [0.05, 0.1) is 18.1 Å². The summed E-state index contributed by atoms with van der Waals surface area (Å²) in [6.45, 7) is 7.00. The van der Waals surface area contributed by atoms with Crippen LogP contribution in [0.1, 0.15) is 57.2 Å². The molecule has 0 spiro atoms. The summed E-state index contributed by atoms with van der Waals surface area (Å²) in [5.41, 5.74) is 1.80. The van der Waals surface area contributed by atoms with Gasteiger partial charge in [-0.15, -0.1) is 0 Å². The average Bonchev–Trinajstić information content (AvgIpc) is 3.34. The number of hydrogen-bond acceptors (Lipinski definition) is 5. The molecule has 1 saturated carbocycles. The third-order valence-electron chi connectivity index (χ3n) is 7.70. The van der Waals surface area contributed by atoms with Crippen LogP contribution in [0.4, 0.5) is 10.5 Å². The van der Waals surface area contributed by atoms with E-state index in [0.29, 0.717) is 12.5 Å². The maximum absolute atomic E-state index is 13.4. The second-order valence-electron chi connectivity index (χ2n) is 10.3. The Labute approximate surface area is 206 Å². The van der Waals surface area contributed by atoms with Crippen molar-refractivity contribution in [3.63, 3.8) is 0 Å². The molecular weight excluding hydrogens is 444 g/mol. The van der Waals surface area contributed by atoms with Crippen LogP contribution in [0.3, 0.4) is 0 Å². The molecule has 2 aliphatic rings. The normalized spacial score (nSPS) is 24.3. The van der Waals surface area contributed by atoms with Gasteiger partial charge >= 0.3 is 6.09 Å². The van der Waals surface area contributed by atoms with Crippen LogP contribution in [-0.4, -0.2) is 35.7 Å². The maximum atomic E-state index is 13.4. The third-order valence-corrected chi connectivity index (χ3v) is 7.70. The van der Waals surface area contributed by atoms with Crippen LogP contribution in [0.2, 0.25) is 0 Å². The molecule has 0 aromatic heterocycles. The first kappa shape index (κ1) is 24.8. The number of hydrogen-bond donors (Lipinski definition) is 0. The van der Waals surface area contributed by atoms with Crippen molar-refractivity contribution in [1.82, 2.24) is 4.90 Å². The van der Waals surface area contributed by atoms with E-state index < -0.39 is 0 Å². The molecule has 1 aliphatic carbocycles. The van der Waals surface area contributed by atoms with Crippen LogP contribution < -0.4 is 4.74 Å². The van der Waals surface area contributed by atoms with Crippen molar-refractivity contribution in [1.29, 1.82) is 0 Å². The lowest BCUT2D eigenvalue weighted by Crippen LogP contribution is -2.45. The van der Waals surface area contributed by atoms with Crippen LogP contribution in [0.15, 0.2) is 60.7 Å². The number of benzene rings is 2. The summed E-state index contributed by atoms with van der Waals surface area (Å²) in [5.74, 6) is 1.35. The van der Waals surface area contributed by atoms with Gasteiger partial charge in [0.25, 0.3) is 5.69 Å². The van der Waals surface area contributed by atoms with Gasteiger partial charge in [-0.2, -0.15) is 0 Å². The van der Waals surface area contributed by atoms with E-state index in [-0.39, 0.29) is 40.2 Å². The number of carbonyl (C=O) groups excluding carboxylic acids is 1. The highest BCUT2D eigenvalue weighted by molar-refractivity contribution is 5.70. The molecule has 2 aromatic rings. The largest absolute Gasteiger partial charge is 0.497 e. The number of nitrogens with zero attached hydrogens (tertiary/aromatic N) is 2. The van der Waals surface area contributed by atoms with Crippen molar-refractivity contribution >= 4 is 11.8 Å². The zero-order valence-electron chi connectivity index (χ0n) is 20.8. The molecular formula is C28H34N2O5. The van der Waals surface area contributed by atoms with Crippen molar-refractivity contribution in [3.05, 3.63) is 81.9 Å². The summed E-state index contributed by atoms with van der Waals surface area (Å²) >= 11 is 0. The molecule has 1 heterocycles. The molecule has 186 valence electrons. The molecule has 0 N–H and O–H groups in total. The van der Waals surface area contributed by atoms with E-state index in [1.807, 2.05) is 48.6 Å². The molecule has 1 aliphatic heterocycles. The Morgan fingerprint density at radius 2 is 1.77 bits per heavy atom. The highest BCUT2D eigenvalue weighted by Gasteiger charge is 2.43. The minimum atomic E-state index is -0.382. The van der Waals surface area contributed by atoms with Crippen LogP contribution >= 0.6 is 0 Å². The number of ether oxygens (including phenoxy) is 2. The number of amides is 1. The van der Waals surface area contributed by atoms with E-state index >= 15 is 0 Å². The van der Waals surface area contributed by atoms with Gasteiger partial charge in [-0.05, 0) is 47.4 Å². The Kier molecular flexibility index (Phi) is 7.15. The SMILES string of the molecule is COc1ccc([C@H]2C=CCN2C(=O)O[C@@H]2C[C@H](C)CC[C@H]2C(C)(C)c2ccc([N+](=O)[O-])cc2)cc1. The molecule has 4 atom stereocenters. The molecule has 0 unspecified atom stereocenters. The van der Waals surface area contributed by atoms with Gasteiger partial charge in [0.1, 0.15) is 11.9 Å². The Morgan fingerprint density at radius 1 is 1.09 bits per heavy atom. The minimum Gasteiger partial charge on any atom is -0.497 e. The van der Waals surface area contributed by atoms with Gasteiger partial charge in [0, 0.05) is 24.6 Å². The lowest BCUT2D eigenvalue weighted by atomic mass is 9.64. The summed E-state index contributed by atoms with van der Waals surface area (Å²) in [4.78, 5) is 25.9. The number of non-ortho nitro benzene ring substituents is 1.